The molecule has 1 N–H and O–H groups in total. The second-order valence-electron chi connectivity index (χ2n) is 8.95. The first-order chi connectivity index (χ1) is 17.3. The molecule has 0 bridgehead atoms. The molecule has 0 saturated carbocycles. The number of hydrogen-bond acceptors (Lipinski definition) is 5. The monoisotopic (exact) mass is 493 g/mol. The molecule has 0 spiro atoms. The minimum absolute atomic E-state index is 0.139. The third-order valence-corrected chi connectivity index (χ3v) is 6.06. The second kappa shape index (κ2) is 12.4. The van der Waals surface area contributed by atoms with Gasteiger partial charge in [0.25, 0.3) is 5.91 Å². The van der Waals surface area contributed by atoms with Crippen molar-refractivity contribution in [3.63, 3.8) is 0 Å². The molecule has 0 saturated heterocycles. The van der Waals surface area contributed by atoms with Crippen LogP contribution in [0.25, 0.3) is 16.8 Å². The Morgan fingerprint density at radius 1 is 1.22 bits per heavy atom. The first kappa shape index (κ1) is 27.1. The summed E-state index contributed by atoms with van der Waals surface area (Å²) < 4.78 is 22.4. The van der Waals surface area contributed by atoms with Crippen molar-refractivity contribution in [2.75, 3.05) is 34.8 Å². The Balaban J connectivity index is 1.90. The van der Waals surface area contributed by atoms with E-state index in [9.17, 15) is 9.18 Å². The van der Waals surface area contributed by atoms with Gasteiger partial charge in [-0.05, 0) is 50.2 Å². The van der Waals surface area contributed by atoms with Crippen molar-refractivity contribution in [2.45, 2.75) is 39.7 Å². The number of hydrogen-bond donors (Lipinski definition) is 1. The summed E-state index contributed by atoms with van der Waals surface area (Å²) in [5, 5.41) is 3.15. The number of aromatic nitrogens is 2. The molecule has 0 aliphatic carbocycles. The van der Waals surface area contributed by atoms with Crippen molar-refractivity contribution < 1.29 is 13.9 Å². The number of aliphatic imine (C=N–C) groups is 1. The van der Waals surface area contributed by atoms with E-state index in [-0.39, 0.29) is 18.3 Å². The van der Waals surface area contributed by atoms with Crippen LogP contribution in [0, 0.1) is 5.82 Å². The van der Waals surface area contributed by atoms with Gasteiger partial charge in [-0.2, -0.15) is 0 Å². The van der Waals surface area contributed by atoms with Gasteiger partial charge in [-0.15, -0.1) is 0 Å². The molecular weight excluding hydrogens is 457 g/mol. The molecule has 192 valence electrons. The number of imidazole rings is 1. The van der Waals surface area contributed by atoms with Crippen LogP contribution in [-0.4, -0.2) is 60.7 Å². The van der Waals surface area contributed by atoms with E-state index in [1.54, 1.807) is 27.2 Å². The first-order valence-corrected chi connectivity index (χ1v) is 12.2. The van der Waals surface area contributed by atoms with Crippen LogP contribution in [0.3, 0.4) is 0 Å². The van der Waals surface area contributed by atoms with Gasteiger partial charge < -0.3 is 19.4 Å². The van der Waals surface area contributed by atoms with Gasteiger partial charge in [-0.3, -0.25) is 9.79 Å². The Morgan fingerprint density at radius 2 is 2.00 bits per heavy atom. The quantitative estimate of drug-likeness (QED) is 0.386. The van der Waals surface area contributed by atoms with Crippen LogP contribution in [0.1, 0.15) is 38.8 Å². The highest BCUT2D eigenvalue weighted by Gasteiger charge is 2.20. The highest BCUT2D eigenvalue weighted by molar-refractivity contribution is 6.45. The molecule has 0 fully saturated rings. The Morgan fingerprint density at radius 3 is 2.67 bits per heavy atom. The maximum Gasteiger partial charge on any atom is 0.271 e. The number of fused-ring (bicyclic) bond motifs is 1. The molecule has 1 aromatic carbocycles. The molecule has 8 heteroatoms. The van der Waals surface area contributed by atoms with Gasteiger partial charge >= 0.3 is 0 Å². The molecule has 0 radical (unpaired) electrons. The van der Waals surface area contributed by atoms with E-state index in [1.807, 2.05) is 42.9 Å². The normalized spacial score (nSPS) is 12.6. The van der Waals surface area contributed by atoms with Crippen molar-refractivity contribution in [1.29, 1.82) is 0 Å². The summed E-state index contributed by atoms with van der Waals surface area (Å²) in [5.41, 5.74) is 5.98. The van der Waals surface area contributed by atoms with Gasteiger partial charge in [-0.25, -0.2) is 9.37 Å². The SMILES string of the molecule is CCC/C(C)=C(/CCOc1cc(F)ccc1-c1ccc2ncc(CNC)n2c1)C(=NC)C(=O)N(C)C. The minimum Gasteiger partial charge on any atom is -0.492 e. The lowest BCUT2D eigenvalue weighted by Crippen LogP contribution is -2.32. The number of allylic oxidation sites excluding steroid dienone is 1. The zero-order chi connectivity index (χ0) is 26.2. The average Bonchev–Trinajstić information content (AvgIpc) is 3.25. The number of benzene rings is 1. The van der Waals surface area contributed by atoms with Gasteiger partial charge in [0.1, 0.15) is 22.9 Å². The van der Waals surface area contributed by atoms with Gasteiger partial charge in [-0.1, -0.05) is 18.9 Å². The summed E-state index contributed by atoms with van der Waals surface area (Å²) >= 11 is 0. The fraction of sp³-hybridized carbons (Fsp3) is 0.393. The summed E-state index contributed by atoms with van der Waals surface area (Å²) in [6.07, 6.45) is 6.14. The van der Waals surface area contributed by atoms with Crippen molar-refractivity contribution in [3.8, 4) is 16.9 Å². The lowest BCUT2D eigenvalue weighted by Gasteiger charge is -2.19. The summed E-state index contributed by atoms with van der Waals surface area (Å²) in [6.45, 7) is 5.09. The van der Waals surface area contributed by atoms with Crippen LogP contribution in [0.15, 0.2) is 58.9 Å². The lowest BCUT2D eigenvalue weighted by atomic mass is 9.97. The number of carbonyl (C=O) groups is 1. The summed E-state index contributed by atoms with van der Waals surface area (Å²) in [7, 11) is 6.96. The predicted molar refractivity (Wildman–Crippen MR) is 143 cm³/mol. The van der Waals surface area contributed by atoms with E-state index >= 15 is 0 Å². The van der Waals surface area contributed by atoms with E-state index in [2.05, 4.69) is 22.2 Å². The number of pyridine rings is 1. The van der Waals surface area contributed by atoms with Crippen LogP contribution >= 0.6 is 0 Å². The van der Waals surface area contributed by atoms with Crippen LogP contribution < -0.4 is 10.1 Å². The van der Waals surface area contributed by atoms with Gasteiger partial charge in [0.2, 0.25) is 0 Å². The maximum atomic E-state index is 14.2. The molecular formula is C28H36FN5O2. The van der Waals surface area contributed by atoms with Crippen LogP contribution in [0.4, 0.5) is 4.39 Å². The molecule has 2 heterocycles. The zero-order valence-electron chi connectivity index (χ0n) is 22.1. The molecule has 0 atom stereocenters. The molecule has 0 aliphatic heterocycles. The van der Waals surface area contributed by atoms with Gasteiger partial charge in [0.05, 0.1) is 18.5 Å². The third kappa shape index (κ3) is 6.18. The number of amides is 1. The predicted octanol–water partition coefficient (Wildman–Crippen LogP) is 4.90. The van der Waals surface area contributed by atoms with Crippen LogP contribution in [0.2, 0.25) is 0 Å². The summed E-state index contributed by atoms with van der Waals surface area (Å²) in [6, 6.07) is 8.47. The molecule has 2 aromatic heterocycles. The highest BCUT2D eigenvalue weighted by Crippen LogP contribution is 2.32. The lowest BCUT2D eigenvalue weighted by molar-refractivity contribution is -0.121. The highest BCUT2D eigenvalue weighted by atomic mass is 19.1. The number of rotatable bonds is 11. The topological polar surface area (TPSA) is 71.2 Å². The average molecular weight is 494 g/mol. The molecule has 7 nitrogen and oxygen atoms in total. The molecule has 1 amide bonds. The fourth-order valence-corrected chi connectivity index (χ4v) is 4.25. The summed E-state index contributed by atoms with van der Waals surface area (Å²) in [5.74, 6) is -0.0590. The number of nitrogens with zero attached hydrogens (tertiary/aromatic N) is 4. The first-order valence-electron chi connectivity index (χ1n) is 12.2. The molecule has 3 aromatic rings. The number of nitrogens with one attached hydrogen (secondary N) is 1. The van der Waals surface area contributed by atoms with Crippen molar-refractivity contribution in [3.05, 3.63) is 65.4 Å². The largest absolute Gasteiger partial charge is 0.492 e. The number of halogens is 1. The zero-order valence-corrected chi connectivity index (χ0v) is 22.1. The molecule has 0 unspecified atom stereocenters. The number of ether oxygens (including phenoxy) is 1. The van der Waals surface area contributed by atoms with E-state index in [0.29, 0.717) is 24.4 Å². The van der Waals surface area contributed by atoms with E-state index in [1.165, 1.54) is 17.0 Å². The Hall–Kier alpha value is -3.52. The Labute approximate surface area is 212 Å². The van der Waals surface area contributed by atoms with Gasteiger partial charge in [0.15, 0.2) is 0 Å². The van der Waals surface area contributed by atoms with Gasteiger partial charge in [0, 0.05) is 57.5 Å². The standard InChI is InChI=1S/C28H36FN5O2/c1-7-8-19(2)23(27(31-4)28(35)33(5)6)13-14-36-25-15-21(29)10-11-24(25)20-9-12-26-32-17-22(16-30-3)34(26)18-20/h9-12,15,17-18,30H,7-8,13-14,16H2,1-6H3/b23-19-,31-27?. The van der Waals surface area contributed by atoms with E-state index < -0.39 is 0 Å². The smallest absolute Gasteiger partial charge is 0.271 e. The second-order valence-corrected chi connectivity index (χ2v) is 8.95. The summed E-state index contributed by atoms with van der Waals surface area (Å²) in [4.78, 5) is 23.0. The minimum atomic E-state index is -0.371. The maximum absolute atomic E-state index is 14.2. The Bertz CT molecular complexity index is 1280. The van der Waals surface area contributed by atoms with E-state index in [4.69, 9.17) is 4.74 Å². The molecule has 36 heavy (non-hydrogen) atoms. The van der Waals surface area contributed by atoms with Crippen molar-refractivity contribution >= 4 is 17.3 Å². The van der Waals surface area contributed by atoms with Crippen molar-refractivity contribution in [1.82, 2.24) is 19.6 Å². The molecule has 0 aliphatic rings. The van der Waals surface area contributed by atoms with Crippen molar-refractivity contribution in [2.24, 2.45) is 4.99 Å². The van der Waals surface area contributed by atoms with E-state index in [0.717, 1.165) is 46.5 Å². The fourth-order valence-electron chi connectivity index (χ4n) is 4.25. The van der Waals surface area contributed by atoms with Crippen LogP contribution in [-0.2, 0) is 11.3 Å². The van der Waals surface area contributed by atoms with Crippen LogP contribution in [0.5, 0.6) is 5.75 Å². The Kier molecular flexibility index (Phi) is 9.36. The molecule has 3 rings (SSSR count). The number of carbonyl (C=O) groups excluding carboxylic acids is 1. The third-order valence-electron chi connectivity index (χ3n) is 6.06.